The van der Waals surface area contributed by atoms with E-state index in [-0.39, 0.29) is 17.2 Å². The Balaban J connectivity index is 1.96. The maximum Gasteiger partial charge on any atom is 0.262 e. The summed E-state index contributed by atoms with van der Waals surface area (Å²) in [5.41, 5.74) is 2.71. The summed E-state index contributed by atoms with van der Waals surface area (Å²) in [6.45, 7) is 9.44. The fourth-order valence-corrected chi connectivity index (χ4v) is 5.07. The SMILES string of the molecule is C=C(C)CN(CC)C(=O)CSc1nc2cc(OC)c(OC)cc2c(=O)n1CCC1=CCCCC1. The molecule has 1 aliphatic rings. The number of amides is 1. The molecule has 1 heterocycles. The van der Waals surface area contributed by atoms with Gasteiger partial charge < -0.3 is 14.4 Å². The fourth-order valence-electron chi connectivity index (χ4n) is 4.14. The van der Waals surface area contributed by atoms with Crippen LogP contribution in [0.4, 0.5) is 0 Å². The summed E-state index contributed by atoms with van der Waals surface area (Å²) < 4.78 is 12.5. The minimum Gasteiger partial charge on any atom is -0.493 e. The van der Waals surface area contributed by atoms with E-state index >= 15 is 0 Å². The van der Waals surface area contributed by atoms with E-state index in [9.17, 15) is 9.59 Å². The van der Waals surface area contributed by atoms with Crippen LogP contribution in [-0.4, -0.2) is 53.4 Å². The molecule has 0 atom stereocenters. The third kappa shape index (κ3) is 6.23. The smallest absolute Gasteiger partial charge is 0.262 e. The van der Waals surface area contributed by atoms with Gasteiger partial charge in [-0.15, -0.1) is 0 Å². The first-order valence-electron chi connectivity index (χ1n) is 11.8. The summed E-state index contributed by atoms with van der Waals surface area (Å²) in [6, 6.07) is 3.40. The van der Waals surface area contributed by atoms with Gasteiger partial charge in [-0.1, -0.05) is 35.6 Å². The van der Waals surface area contributed by atoms with Crippen LogP contribution in [0.3, 0.4) is 0 Å². The van der Waals surface area contributed by atoms with E-state index in [2.05, 4.69) is 12.7 Å². The van der Waals surface area contributed by atoms with Crippen molar-refractivity contribution in [3.8, 4) is 11.5 Å². The maximum absolute atomic E-state index is 13.6. The van der Waals surface area contributed by atoms with E-state index in [4.69, 9.17) is 14.5 Å². The molecule has 0 N–H and O–H groups in total. The molecule has 1 aromatic heterocycles. The Morgan fingerprint density at radius 3 is 2.59 bits per heavy atom. The lowest BCUT2D eigenvalue weighted by atomic mass is 9.97. The predicted molar refractivity (Wildman–Crippen MR) is 138 cm³/mol. The Labute approximate surface area is 205 Å². The van der Waals surface area contributed by atoms with E-state index in [1.807, 2.05) is 13.8 Å². The molecule has 0 aliphatic heterocycles. The highest BCUT2D eigenvalue weighted by Crippen LogP contribution is 2.31. The van der Waals surface area contributed by atoms with Crippen molar-refractivity contribution in [2.45, 2.75) is 57.7 Å². The van der Waals surface area contributed by atoms with Crippen molar-refractivity contribution < 1.29 is 14.3 Å². The second-order valence-corrected chi connectivity index (χ2v) is 9.53. The van der Waals surface area contributed by atoms with Gasteiger partial charge in [0.15, 0.2) is 16.7 Å². The molecule has 0 radical (unpaired) electrons. The van der Waals surface area contributed by atoms with E-state index in [0.29, 0.717) is 47.2 Å². The average molecular weight is 486 g/mol. The number of hydrogen-bond donors (Lipinski definition) is 0. The monoisotopic (exact) mass is 485 g/mol. The summed E-state index contributed by atoms with van der Waals surface area (Å²) in [5.74, 6) is 1.20. The van der Waals surface area contributed by atoms with Crippen molar-refractivity contribution in [2.24, 2.45) is 0 Å². The lowest BCUT2D eigenvalue weighted by molar-refractivity contribution is -0.127. The average Bonchev–Trinajstić information content (AvgIpc) is 2.85. The van der Waals surface area contributed by atoms with Gasteiger partial charge in [0, 0.05) is 25.7 Å². The lowest BCUT2D eigenvalue weighted by Gasteiger charge is -2.21. The molecule has 1 amide bonds. The van der Waals surface area contributed by atoms with Gasteiger partial charge in [0.25, 0.3) is 5.56 Å². The number of benzene rings is 1. The number of fused-ring (bicyclic) bond motifs is 1. The quantitative estimate of drug-likeness (QED) is 0.258. The summed E-state index contributed by atoms with van der Waals surface area (Å²) in [7, 11) is 3.10. The Morgan fingerprint density at radius 2 is 1.97 bits per heavy atom. The Kier molecular flexibility index (Phi) is 9.21. The highest BCUT2D eigenvalue weighted by atomic mass is 32.2. The van der Waals surface area contributed by atoms with E-state index < -0.39 is 0 Å². The normalized spacial score (nSPS) is 13.5. The standard InChI is InChI=1S/C26H35N3O4S/c1-6-28(16-18(2)3)24(30)17-34-26-27-21-15-23(33-5)22(32-4)14-20(21)25(31)29(26)13-12-19-10-8-7-9-11-19/h10,14-15H,2,6-9,11-13,16-17H2,1,3-5H3. The highest BCUT2D eigenvalue weighted by molar-refractivity contribution is 7.99. The van der Waals surface area contributed by atoms with Crippen LogP contribution in [0.2, 0.25) is 0 Å². The first-order valence-corrected chi connectivity index (χ1v) is 12.8. The van der Waals surface area contributed by atoms with E-state index in [1.165, 1.54) is 30.2 Å². The van der Waals surface area contributed by atoms with E-state index in [0.717, 1.165) is 24.8 Å². The van der Waals surface area contributed by atoms with Crippen LogP contribution in [-0.2, 0) is 11.3 Å². The number of aromatic nitrogens is 2. The second kappa shape index (κ2) is 12.1. The minimum absolute atomic E-state index is 0.00121. The molecule has 184 valence electrons. The molecule has 0 fully saturated rings. The first kappa shape index (κ1) is 25.9. The van der Waals surface area contributed by atoms with Crippen LogP contribution in [0.25, 0.3) is 10.9 Å². The molecular weight excluding hydrogens is 450 g/mol. The van der Waals surface area contributed by atoms with Gasteiger partial charge in [-0.2, -0.15) is 0 Å². The molecule has 1 aliphatic carbocycles. The van der Waals surface area contributed by atoms with Gasteiger partial charge in [0.05, 0.1) is 30.9 Å². The van der Waals surface area contributed by atoms with Crippen LogP contribution in [0.15, 0.2) is 45.9 Å². The maximum atomic E-state index is 13.6. The number of rotatable bonds is 11. The van der Waals surface area contributed by atoms with Crippen molar-refractivity contribution in [3.63, 3.8) is 0 Å². The number of methoxy groups -OCH3 is 2. The number of allylic oxidation sites excluding steroid dienone is 2. The van der Waals surface area contributed by atoms with Crippen molar-refractivity contribution in [1.82, 2.24) is 14.5 Å². The summed E-state index contributed by atoms with van der Waals surface area (Å²) in [6.07, 6.45) is 7.70. The summed E-state index contributed by atoms with van der Waals surface area (Å²) in [4.78, 5) is 32.9. The second-order valence-electron chi connectivity index (χ2n) is 8.59. The fraction of sp³-hybridized carbons (Fsp3) is 0.500. The molecule has 0 spiro atoms. The lowest BCUT2D eigenvalue weighted by Crippen LogP contribution is -2.34. The number of carbonyl (C=O) groups is 1. The van der Waals surface area contributed by atoms with Crippen molar-refractivity contribution in [3.05, 3.63) is 46.3 Å². The zero-order valence-electron chi connectivity index (χ0n) is 20.7. The Morgan fingerprint density at radius 1 is 1.24 bits per heavy atom. The van der Waals surface area contributed by atoms with Crippen LogP contribution in [0.5, 0.6) is 11.5 Å². The molecule has 0 unspecified atom stereocenters. The molecule has 2 aromatic rings. The van der Waals surface area contributed by atoms with Gasteiger partial charge in [-0.3, -0.25) is 14.2 Å². The number of ether oxygens (including phenoxy) is 2. The van der Waals surface area contributed by atoms with Gasteiger partial charge in [-0.25, -0.2) is 4.98 Å². The van der Waals surface area contributed by atoms with Gasteiger partial charge in [0.1, 0.15) is 0 Å². The molecular formula is C26H35N3O4S. The van der Waals surface area contributed by atoms with Crippen molar-refractivity contribution >= 4 is 28.6 Å². The van der Waals surface area contributed by atoms with Gasteiger partial charge in [0.2, 0.25) is 5.91 Å². The molecule has 3 rings (SSSR count). The molecule has 0 saturated heterocycles. The summed E-state index contributed by atoms with van der Waals surface area (Å²) >= 11 is 1.30. The molecule has 34 heavy (non-hydrogen) atoms. The number of nitrogens with zero attached hydrogens (tertiary/aromatic N) is 3. The number of hydrogen-bond acceptors (Lipinski definition) is 6. The van der Waals surface area contributed by atoms with Gasteiger partial charge >= 0.3 is 0 Å². The number of thioether (sulfide) groups is 1. The molecule has 0 saturated carbocycles. The molecule has 0 bridgehead atoms. The van der Waals surface area contributed by atoms with Crippen LogP contribution >= 0.6 is 11.8 Å². The highest BCUT2D eigenvalue weighted by Gasteiger charge is 2.19. The third-order valence-corrected chi connectivity index (χ3v) is 6.95. The predicted octanol–water partition coefficient (Wildman–Crippen LogP) is 4.82. The van der Waals surface area contributed by atoms with Gasteiger partial charge in [-0.05, 0) is 52.0 Å². The Hall–Kier alpha value is -2.74. The van der Waals surface area contributed by atoms with Crippen molar-refractivity contribution in [1.29, 1.82) is 0 Å². The zero-order chi connectivity index (χ0) is 24.7. The number of likely N-dealkylation sites (N-methyl/N-ethyl adjacent to an activating group) is 1. The molecule has 8 heteroatoms. The Bertz CT molecular complexity index is 1140. The number of carbonyl (C=O) groups excluding carboxylic acids is 1. The molecule has 7 nitrogen and oxygen atoms in total. The molecule has 1 aromatic carbocycles. The first-order chi connectivity index (χ1) is 16.4. The van der Waals surface area contributed by atoms with Crippen LogP contribution in [0.1, 0.15) is 46.0 Å². The third-order valence-electron chi connectivity index (χ3n) is 5.99. The minimum atomic E-state index is -0.133. The summed E-state index contributed by atoms with van der Waals surface area (Å²) in [5, 5.41) is 1.02. The zero-order valence-corrected chi connectivity index (χ0v) is 21.5. The van der Waals surface area contributed by atoms with Crippen molar-refractivity contribution in [2.75, 3.05) is 33.1 Å². The van der Waals surface area contributed by atoms with Crippen LogP contribution < -0.4 is 15.0 Å². The topological polar surface area (TPSA) is 73.7 Å². The van der Waals surface area contributed by atoms with E-state index in [1.54, 1.807) is 35.8 Å². The largest absolute Gasteiger partial charge is 0.493 e. The van der Waals surface area contributed by atoms with Crippen LogP contribution in [0, 0.1) is 0 Å².